The average Bonchev–Trinajstić information content (AvgIpc) is 3.47. The molecule has 0 atom stereocenters. The lowest BCUT2D eigenvalue weighted by Crippen LogP contribution is -2.20. The molecule has 5 nitrogen and oxygen atoms in total. The molecule has 0 saturated heterocycles. The average molecular weight is 577 g/mol. The van der Waals surface area contributed by atoms with Crippen molar-refractivity contribution in [2.75, 3.05) is 0 Å². The van der Waals surface area contributed by atoms with Crippen molar-refractivity contribution in [3.8, 4) is 11.6 Å². The van der Waals surface area contributed by atoms with Gasteiger partial charge in [-0.15, -0.1) is 0 Å². The summed E-state index contributed by atoms with van der Waals surface area (Å²) in [6.07, 6.45) is -9.07. The Morgan fingerprint density at radius 1 is 0.950 bits per heavy atom. The van der Waals surface area contributed by atoms with Crippen molar-refractivity contribution in [1.29, 1.82) is 0 Å². The maximum Gasteiger partial charge on any atom is 0.416 e. The molecule has 0 radical (unpaired) electrons. The number of alkyl halides is 6. The number of ether oxygens (including phenoxy) is 1. The summed E-state index contributed by atoms with van der Waals surface area (Å²) in [5.41, 5.74) is -2.28. The van der Waals surface area contributed by atoms with E-state index in [1.54, 1.807) is 24.3 Å². The Morgan fingerprint density at radius 3 is 2.35 bits per heavy atom. The fourth-order valence-corrected chi connectivity index (χ4v) is 5.00. The van der Waals surface area contributed by atoms with Crippen molar-refractivity contribution in [2.45, 2.75) is 25.4 Å². The summed E-state index contributed by atoms with van der Waals surface area (Å²) in [7, 11) is 0. The first kappa shape index (κ1) is 27.3. The standard InChI is InChI=1S/C28H18F6N2O3S/c29-27(30,31)18-7-6-16(21(13-18)28(32,33)34)11-20(24-25(37)36-26(38)40-24)23-12-17-10-19(8-9-22(17)35-23)39-14-15-4-2-1-3-5-15/h1-10,12-13,37H,11,14H2,(H,36,38). The summed E-state index contributed by atoms with van der Waals surface area (Å²) >= 11 is 0.552. The summed E-state index contributed by atoms with van der Waals surface area (Å²) in [5, 5.41) is 11.4. The first-order valence-electron chi connectivity index (χ1n) is 11.7. The van der Waals surface area contributed by atoms with Gasteiger partial charge in [0.1, 0.15) is 12.4 Å². The van der Waals surface area contributed by atoms with Gasteiger partial charge in [-0.25, -0.2) is 4.99 Å². The molecule has 1 aliphatic heterocycles. The number of aromatic hydroxyl groups is 1. The lowest BCUT2D eigenvalue weighted by molar-refractivity contribution is -0.143. The predicted octanol–water partition coefficient (Wildman–Crippen LogP) is 5.83. The molecule has 0 fully saturated rings. The van der Waals surface area contributed by atoms with E-state index in [1.165, 1.54) is 0 Å². The molecule has 40 heavy (non-hydrogen) atoms. The SMILES string of the molecule is O=c1[nH]c(O)c(C(Cc2ccc(C(F)(F)F)cc2C(F)(F)F)=C2C=c3cc(OCc4ccccc4)ccc3=N2)s1. The predicted molar refractivity (Wildman–Crippen MR) is 136 cm³/mol. The van der Waals surface area contributed by atoms with Crippen molar-refractivity contribution >= 4 is 23.0 Å². The normalized spacial score (nSPS) is 14.3. The molecule has 12 heteroatoms. The van der Waals surface area contributed by atoms with Crippen LogP contribution >= 0.6 is 11.3 Å². The van der Waals surface area contributed by atoms with Gasteiger partial charge in [-0.3, -0.25) is 9.78 Å². The zero-order chi connectivity index (χ0) is 28.7. The molecule has 0 bridgehead atoms. The minimum absolute atomic E-state index is 0.0362. The van der Waals surface area contributed by atoms with Crippen LogP contribution in [0.25, 0.3) is 11.6 Å². The van der Waals surface area contributed by atoms with Gasteiger partial charge in [0, 0.05) is 17.2 Å². The van der Waals surface area contributed by atoms with Crippen LogP contribution in [0.15, 0.2) is 82.2 Å². The number of hydrogen-bond acceptors (Lipinski definition) is 5. The Hall–Kier alpha value is -4.32. The van der Waals surface area contributed by atoms with Crippen LogP contribution in [0.5, 0.6) is 11.6 Å². The molecule has 0 saturated carbocycles. The molecular formula is C28H18F6N2O3S. The largest absolute Gasteiger partial charge is 0.493 e. The van der Waals surface area contributed by atoms with Crippen LogP contribution in [0.2, 0.25) is 0 Å². The molecule has 0 unspecified atom stereocenters. The van der Waals surface area contributed by atoms with Gasteiger partial charge in [0.2, 0.25) is 5.88 Å². The smallest absolute Gasteiger partial charge is 0.416 e. The number of nitrogens with zero attached hydrogens (tertiary/aromatic N) is 1. The van der Waals surface area contributed by atoms with E-state index in [2.05, 4.69) is 9.98 Å². The van der Waals surface area contributed by atoms with Crippen LogP contribution in [0, 0.1) is 0 Å². The van der Waals surface area contributed by atoms with E-state index in [9.17, 15) is 36.2 Å². The van der Waals surface area contributed by atoms with Crippen LogP contribution in [0.3, 0.4) is 0 Å². The number of rotatable bonds is 6. The van der Waals surface area contributed by atoms with Crippen LogP contribution in [0.4, 0.5) is 26.3 Å². The maximum absolute atomic E-state index is 13.9. The van der Waals surface area contributed by atoms with Crippen LogP contribution < -0.4 is 20.2 Å². The Bertz CT molecular complexity index is 1790. The van der Waals surface area contributed by atoms with Gasteiger partial charge in [0.05, 0.1) is 27.1 Å². The van der Waals surface area contributed by atoms with Crippen LogP contribution in [-0.2, 0) is 25.4 Å². The quantitative estimate of drug-likeness (QED) is 0.284. The Labute approximate surface area is 226 Å². The summed E-state index contributed by atoms with van der Waals surface area (Å²) in [4.78, 5) is 17.8. The van der Waals surface area contributed by atoms with Gasteiger partial charge in [0.25, 0.3) is 0 Å². The van der Waals surface area contributed by atoms with E-state index in [4.69, 9.17) is 4.74 Å². The first-order valence-corrected chi connectivity index (χ1v) is 12.5. The zero-order valence-electron chi connectivity index (χ0n) is 20.2. The molecule has 1 aromatic heterocycles. The molecule has 1 aliphatic rings. The third kappa shape index (κ3) is 5.81. The molecule has 3 aromatic carbocycles. The number of nitrogens with one attached hydrogen (secondary N) is 1. The first-order chi connectivity index (χ1) is 18.9. The number of hydrogen-bond donors (Lipinski definition) is 2. The van der Waals surface area contributed by atoms with Crippen molar-refractivity contribution in [2.24, 2.45) is 4.99 Å². The monoisotopic (exact) mass is 576 g/mol. The number of benzene rings is 3. The number of fused-ring (bicyclic) bond motifs is 1. The highest BCUT2D eigenvalue weighted by molar-refractivity contribution is 7.10. The molecule has 0 amide bonds. The molecule has 0 aliphatic carbocycles. The summed E-state index contributed by atoms with van der Waals surface area (Å²) in [6.45, 7) is 0.296. The minimum Gasteiger partial charge on any atom is -0.493 e. The topological polar surface area (TPSA) is 74.7 Å². The van der Waals surface area contributed by atoms with E-state index in [1.807, 2.05) is 30.3 Å². The maximum atomic E-state index is 13.9. The summed E-state index contributed by atoms with van der Waals surface area (Å²) < 4.78 is 86.9. The highest BCUT2D eigenvalue weighted by Gasteiger charge is 2.38. The van der Waals surface area contributed by atoms with Crippen molar-refractivity contribution in [3.63, 3.8) is 0 Å². The molecule has 2 heterocycles. The van der Waals surface area contributed by atoms with E-state index in [0.717, 1.165) is 11.6 Å². The number of halogens is 6. The van der Waals surface area contributed by atoms with Crippen molar-refractivity contribution in [1.82, 2.24) is 4.98 Å². The van der Waals surface area contributed by atoms with E-state index in [0.29, 0.717) is 40.3 Å². The Kier molecular flexibility index (Phi) is 7.05. The van der Waals surface area contributed by atoms with E-state index >= 15 is 0 Å². The van der Waals surface area contributed by atoms with Gasteiger partial charge in [-0.2, -0.15) is 26.3 Å². The molecule has 206 valence electrons. The Morgan fingerprint density at radius 2 is 1.70 bits per heavy atom. The van der Waals surface area contributed by atoms with Crippen molar-refractivity contribution in [3.05, 3.63) is 120 Å². The van der Waals surface area contributed by atoms with E-state index < -0.39 is 46.2 Å². The highest BCUT2D eigenvalue weighted by atomic mass is 32.1. The lowest BCUT2D eigenvalue weighted by Gasteiger charge is -2.17. The van der Waals surface area contributed by atoms with Gasteiger partial charge in [0.15, 0.2) is 0 Å². The van der Waals surface area contributed by atoms with E-state index in [-0.39, 0.29) is 22.2 Å². The second-order valence-electron chi connectivity index (χ2n) is 8.85. The number of H-pyrrole nitrogens is 1. The van der Waals surface area contributed by atoms with Crippen LogP contribution in [0.1, 0.15) is 27.1 Å². The third-order valence-electron chi connectivity index (χ3n) is 6.10. The molecule has 2 N–H and O–H groups in total. The van der Waals surface area contributed by atoms with Gasteiger partial charge >= 0.3 is 17.2 Å². The highest BCUT2D eigenvalue weighted by Crippen LogP contribution is 2.40. The molecule has 5 rings (SSSR count). The van der Waals surface area contributed by atoms with Gasteiger partial charge in [-0.1, -0.05) is 47.7 Å². The number of thiazole rings is 1. The minimum atomic E-state index is -5.09. The zero-order valence-corrected chi connectivity index (χ0v) is 21.0. The van der Waals surface area contributed by atoms with Crippen molar-refractivity contribution < 1.29 is 36.2 Å². The summed E-state index contributed by atoms with van der Waals surface area (Å²) in [6, 6.07) is 15.8. The van der Waals surface area contributed by atoms with Gasteiger partial charge in [-0.05, 0) is 47.5 Å². The second-order valence-corrected chi connectivity index (χ2v) is 9.83. The lowest BCUT2D eigenvalue weighted by atomic mass is 9.95. The fraction of sp³-hybridized carbons (Fsp3) is 0.143. The fourth-order valence-electron chi connectivity index (χ4n) is 4.22. The van der Waals surface area contributed by atoms with Gasteiger partial charge < -0.3 is 9.84 Å². The van der Waals surface area contributed by atoms with Crippen LogP contribution in [-0.4, -0.2) is 10.1 Å². The summed E-state index contributed by atoms with van der Waals surface area (Å²) in [5.74, 6) is -0.0718. The second kappa shape index (κ2) is 10.3. The molecule has 0 spiro atoms. The Balaban J connectivity index is 1.58. The third-order valence-corrected chi connectivity index (χ3v) is 7.04. The molecular weight excluding hydrogens is 558 g/mol. The number of aromatic amines is 1. The molecule has 4 aromatic rings. The number of aromatic nitrogens is 1. The number of allylic oxidation sites excluding steroid dienone is 2.